The summed E-state index contributed by atoms with van der Waals surface area (Å²) in [5.74, 6) is 0. The molecule has 3 aromatic rings. The van der Waals surface area contributed by atoms with Crippen LogP contribution in [0.1, 0.15) is 16.7 Å². The van der Waals surface area contributed by atoms with E-state index in [0.717, 1.165) is 16.7 Å². The van der Waals surface area contributed by atoms with Gasteiger partial charge in [-0.3, -0.25) is 0 Å². The summed E-state index contributed by atoms with van der Waals surface area (Å²) in [5, 5.41) is 4.11. The molecule has 0 bridgehead atoms. The Kier molecular flexibility index (Phi) is 5.27. The molecule has 0 spiro atoms. The molecule has 0 aliphatic rings. The summed E-state index contributed by atoms with van der Waals surface area (Å²) in [7, 11) is -1.05. The lowest BCUT2D eigenvalue weighted by molar-refractivity contribution is 1.66. The number of hydrogen-bond donors (Lipinski definition) is 0. The lowest BCUT2D eigenvalue weighted by Gasteiger charge is -2.17. The van der Waals surface area contributed by atoms with Crippen molar-refractivity contribution in [3.05, 3.63) is 109 Å². The van der Waals surface area contributed by atoms with Crippen LogP contribution in [0.4, 0.5) is 0 Å². The molecule has 0 N–H and O–H groups in total. The Hall–Kier alpha value is -2.90. The zero-order chi connectivity index (χ0) is 17.6. The zero-order valence-electron chi connectivity index (χ0n) is 14.3. The first-order valence-electron chi connectivity index (χ1n) is 8.30. The van der Waals surface area contributed by atoms with Crippen molar-refractivity contribution in [3.63, 3.8) is 0 Å². The second kappa shape index (κ2) is 7.78. The van der Waals surface area contributed by atoms with E-state index in [0.29, 0.717) is 0 Å². The normalized spacial score (nSPS) is 10.4. The van der Waals surface area contributed by atoms with Crippen molar-refractivity contribution < 1.29 is 0 Å². The fourth-order valence-electron chi connectivity index (χ4n) is 2.86. The van der Waals surface area contributed by atoms with E-state index in [9.17, 15) is 0 Å². The molecule has 0 saturated heterocycles. The Bertz CT molecular complexity index is 746. The minimum atomic E-state index is -1.05. The molecular formula is C24H21Si. The molecule has 3 rings (SSSR count). The maximum absolute atomic E-state index is 3.85. The highest BCUT2D eigenvalue weighted by molar-refractivity contribution is 6.95. The first-order chi connectivity index (χ1) is 12.2. The van der Waals surface area contributed by atoms with Crippen LogP contribution in [-0.4, -0.2) is 8.80 Å². The molecule has 3 aromatic carbocycles. The Morgan fingerprint density at radius 1 is 0.440 bits per heavy atom. The SMILES string of the molecule is C=Cc1ccc([Si](c2ccc(C=C)cc2)c2ccc(C=C)cc2)cc1. The molecule has 0 amide bonds. The Morgan fingerprint density at radius 2 is 0.680 bits per heavy atom. The van der Waals surface area contributed by atoms with Gasteiger partial charge in [0.1, 0.15) is 0 Å². The van der Waals surface area contributed by atoms with E-state index in [1.807, 2.05) is 18.2 Å². The van der Waals surface area contributed by atoms with Gasteiger partial charge in [-0.15, -0.1) is 0 Å². The largest absolute Gasteiger partial charge is 0.154 e. The van der Waals surface area contributed by atoms with Crippen molar-refractivity contribution in [3.8, 4) is 0 Å². The van der Waals surface area contributed by atoms with Crippen LogP contribution in [0.2, 0.25) is 0 Å². The summed E-state index contributed by atoms with van der Waals surface area (Å²) >= 11 is 0. The van der Waals surface area contributed by atoms with Crippen LogP contribution in [-0.2, 0) is 0 Å². The van der Waals surface area contributed by atoms with Crippen LogP contribution in [0.3, 0.4) is 0 Å². The summed E-state index contributed by atoms with van der Waals surface area (Å²) in [4.78, 5) is 0. The molecule has 25 heavy (non-hydrogen) atoms. The van der Waals surface area contributed by atoms with Gasteiger partial charge in [0.25, 0.3) is 0 Å². The van der Waals surface area contributed by atoms with Gasteiger partial charge in [0.05, 0.1) is 0 Å². The number of hydrogen-bond acceptors (Lipinski definition) is 0. The molecule has 0 saturated carbocycles. The van der Waals surface area contributed by atoms with E-state index in [2.05, 4.69) is 92.5 Å². The Morgan fingerprint density at radius 3 is 0.880 bits per heavy atom. The lowest BCUT2D eigenvalue weighted by atomic mass is 10.2. The van der Waals surface area contributed by atoms with Crippen LogP contribution in [0, 0.1) is 0 Å². The molecule has 0 nitrogen and oxygen atoms in total. The van der Waals surface area contributed by atoms with E-state index in [1.54, 1.807) is 0 Å². The molecule has 0 unspecified atom stereocenters. The molecule has 0 aliphatic carbocycles. The molecule has 1 heteroatoms. The van der Waals surface area contributed by atoms with Crippen molar-refractivity contribution in [2.75, 3.05) is 0 Å². The average molecular weight is 338 g/mol. The van der Waals surface area contributed by atoms with Crippen LogP contribution in [0.5, 0.6) is 0 Å². The molecule has 121 valence electrons. The van der Waals surface area contributed by atoms with Crippen molar-refractivity contribution >= 4 is 42.6 Å². The van der Waals surface area contributed by atoms with Crippen LogP contribution < -0.4 is 15.6 Å². The van der Waals surface area contributed by atoms with Gasteiger partial charge in [-0.25, -0.2) is 0 Å². The summed E-state index contributed by atoms with van der Waals surface area (Å²) < 4.78 is 0. The standard InChI is InChI=1S/C24H21Si/c1-4-19-7-13-22(14-8-19)25(23-15-9-20(5-2)10-16-23)24-17-11-21(6-3)12-18-24/h4-18H,1-3H2. The maximum Gasteiger partial charge on any atom is 0.154 e. The molecule has 0 fully saturated rings. The second-order valence-corrected chi connectivity index (χ2v) is 8.34. The summed E-state index contributed by atoms with van der Waals surface area (Å²) in [6.45, 7) is 11.5. The van der Waals surface area contributed by atoms with Crippen molar-refractivity contribution in [1.82, 2.24) is 0 Å². The van der Waals surface area contributed by atoms with Gasteiger partial charge in [0, 0.05) is 0 Å². The Labute approximate surface area is 152 Å². The second-order valence-electron chi connectivity index (χ2n) is 5.85. The average Bonchev–Trinajstić information content (AvgIpc) is 2.70. The van der Waals surface area contributed by atoms with E-state index in [1.165, 1.54) is 15.6 Å². The van der Waals surface area contributed by atoms with E-state index >= 15 is 0 Å². The number of benzene rings is 3. The van der Waals surface area contributed by atoms with Gasteiger partial charge in [-0.05, 0) is 16.7 Å². The highest BCUT2D eigenvalue weighted by atomic mass is 28.3. The lowest BCUT2D eigenvalue weighted by Crippen LogP contribution is -2.51. The molecule has 0 aromatic heterocycles. The van der Waals surface area contributed by atoms with Crippen molar-refractivity contribution in [2.24, 2.45) is 0 Å². The van der Waals surface area contributed by atoms with Crippen molar-refractivity contribution in [1.29, 1.82) is 0 Å². The number of rotatable bonds is 6. The quantitative estimate of drug-likeness (QED) is 0.469. The van der Waals surface area contributed by atoms with Crippen LogP contribution >= 0.6 is 0 Å². The topological polar surface area (TPSA) is 0 Å². The maximum atomic E-state index is 3.85. The summed E-state index contributed by atoms with van der Waals surface area (Å²) in [5.41, 5.74) is 3.44. The van der Waals surface area contributed by atoms with Gasteiger partial charge >= 0.3 is 0 Å². The predicted octanol–water partition coefficient (Wildman–Crippen LogP) is 4.13. The highest BCUT2D eigenvalue weighted by Gasteiger charge is 2.19. The molecule has 0 heterocycles. The van der Waals surface area contributed by atoms with E-state index in [4.69, 9.17) is 0 Å². The van der Waals surface area contributed by atoms with Gasteiger partial charge in [0.15, 0.2) is 8.80 Å². The van der Waals surface area contributed by atoms with E-state index in [-0.39, 0.29) is 0 Å². The summed E-state index contributed by atoms with van der Waals surface area (Å²) in [6.07, 6.45) is 5.65. The highest BCUT2D eigenvalue weighted by Crippen LogP contribution is 2.05. The fraction of sp³-hybridized carbons (Fsp3) is 0. The van der Waals surface area contributed by atoms with Crippen LogP contribution in [0.25, 0.3) is 18.2 Å². The zero-order valence-corrected chi connectivity index (χ0v) is 15.3. The van der Waals surface area contributed by atoms with Gasteiger partial charge in [0.2, 0.25) is 0 Å². The van der Waals surface area contributed by atoms with Crippen molar-refractivity contribution in [2.45, 2.75) is 0 Å². The fourth-order valence-corrected chi connectivity index (χ4v) is 5.36. The molecule has 1 radical (unpaired) electrons. The smallest absolute Gasteiger partial charge is 0.0985 e. The molecular weight excluding hydrogens is 316 g/mol. The summed E-state index contributed by atoms with van der Waals surface area (Å²) in [6, 6.07) is 26.2. The van der Waals surface area contributed by atoms with Crippen LogP contribution in [0.15, 0.2) is 92.5 Å². The van der Waals surface area contributed by atoms with E-state index < -0.39 is 8.80 Å². The minimum absolute atomic E-state index is 1.05. The third-order valence-corrected chi connectivity index (χ3v) is 7.04. The molecule has 0 atom stereocenters. The van der Waals surface area contributed by atoms with Gasteiger partial charge in [-0.2, -0.15) is 0 Å². The minimum Gasteiger partial charge on any atom is -0.0985 e. The molecule has 0 aliphatic heterocycles. The van der Waals surface area contributed by atoms with Gasteiger partial charge < -0.3 is 0 Å². The van der Waals surface area contributed by atoms with Gasteiger partial charge in [-0.1, -0.05) is 126 Å². The Balaban J connectivity index is 2.09. The third kappa shape index (κ3) is 3.78. The monoisotopic (exact) mass is 337 g/mol. The first-order valence-corrected chi connectivity index (χ1v) is 9.80. The first kappa shape index (κ1) is 16.9. The predicted molar refractivity (Wildman–Crippen MR) is 114 cm³/mol. The third-order valence-electron chi connectivity index (χ3n) is 4.31.